The molecule has 1 saturated heterocycles. The smallest absolute Gasteiger partial charge is 0.138 e. The van der Waals surface area contributed by atoms with Crippen molar-refractivity contribution >= 4 is 0 Å². The number of hydrogen-bond donors (Lipinski definition) is 1. The lowest BCUT2D eigenvalue weighted by Gasteiger charge is -2.33. The van der Waals surface area contributed by atoms with Crippen LogP contribution < -0.4 is 5.32 Å². The first-order chi connectivity index (χ1) is 11.4. The van der Waals surface area contributed by atoms with Crippen LogP contribution in [0.1, 0.15) is 18.4 Å². The first kappa shape index (κ1) is 14.8. The molecule has 6 nitrogen and oxygen atoms in total. The molecule has 122 valence electrons. The van der Waals surface area contributed by atoms with Crippen molar-refractivity contribution in [3.05, 3.63) is 42.5 Å². The minimum Gasteiger partial charge on any atom is -0.374 e. The molecule has 1 aliphatic heterocycles. The Kier molecular flexibility index (Phi) is 4.37. The highest BCUT2D eigenvalue weighted by Crippen LogP contribution is 2.28. The Morgan fingerprint density at radius 3 is 2.83 bits per heavy atom. The van der Waals surface area contributed by atoms with Gasteiger partial charge in [0, 0.05) is 32.2 Å². The summed E-state index contributed by atoms with van der Waals surface area (Å²) < 4.78 is 7.63. The third kappa shape index (κ3) is 3.77. The summed E-state index contributed by atoms with van der Waals surface area (Å²) in [5.74, 6) is 0. The van der Waals surface area contributed by atoms with Crippen LogP contribution in [-0.4, -0.2) is 58.1 Å². The second kappa shape index (κ2) is 6.78. The van der Waals surface area contributed by atoms with Gasteiger partial charge < -0.3 is 10.1 Å². The van der Waals surface area contributed by atoms with Crippen LogP contribution in [0.25, 0.3) is 5.69 Å². The van der Waals surface area contributed by atoms with Gasteiger partial charge in [0.2, 0.25) is 0 Å². The van der Waals surface area contributed by atoms with Crippen molar-refractivity contribution in [2.45, 2.75) is 31.5 Å². The molecule has 1 unspecified atom stereocenters. The molecule has 0 bridgehead atoms. The number of morpholine rings is 1. The lowest BCUT2D eigenvalue weighted by atomic mass is 10.2. The maximum Gasteiger partial charge on any atom is 0.138 e. The van der Waals surface area contributed by atoms with E-state index in [2.05, 4.69) is 44.6 Å². The number of hydrogen-bond acceptors (Lipinski definition) is 5. The highest BCUT2D eigenvalue weighted by Gasteiger charge is 2.32. The summed E-state index contributed by atoms with van der Waals surface area (Å²) in [5.41, 5.74) is 2.30. The van der Waals surface area contributed by atoms with Gasteiger partial charge in [-0.2, -0.15) is 5.10 Å². The highest BCUT2D eigenvalue weighted by atomic mass is 16.5. The van der Waals surface area contributed by atoms with Gasteiger partial charge in [-0.3, -0.25) is 4.90 Å². The average Bonchev–Trinajstić information content (AvgIpc) is 3.31. The Hall–Kier alpha value is -1.76. The first-order valence-electron chi connectivity index (χ1n) is 8.39. The summed E-state index contributed by atoms with van der Waals surface area (Å²) >= 11 is 0. The van der Waals surface area contributed by atoms with Crippen LogP contribution in [0.2, 0.25) is 0 Å². The monoisotopic (exact) mass is 313 g/mol. The second-order valence-corrected chi connectivity index (χ2v) is 6.36. The normalized spacial score (nSPS) is 22.3. The van der Waals surface area contributed by atoms with Crippen molar-refractivity contribution in [1.29, 1.82) is 0 Å². The molecule has 4 rings (SSSR count). The SMILES string of the molecule is c1ncn(-c2ccc(CNCC3CN(C4CC4)CCO3)cc2)n1. The van der Waals surface area contributed by atoms with Gasteiger partial charge in [0.25, 0.3) is 0 Å². The Balaban J connectivity index is 1.24. The minimum atomic E-state index is 0.318. The lowest BCUT2D eigenvalue weighted by Crippen LogP contribution is -2.47. The van der Waals surface area contributed by atoms with E-state index in [0.29, 0.717) is 6.10 Å². The Morgan fingerprint density at radius 2 is 2.09 bits per heavy atom. The topological polar surface area (TPSA) is 55.2 Å². The van der Waals surface area contributed by atoms with E-state index >= 15 is 0 Å². The maximum absolute atomic E-state index is 5.87. The predicted molar refractivity (Wildman–Crippen MR) is 87.4 cm³/mol. The number of nitrogens with one attached hydrogen (secondary N) is 1. The van der Waals surface area contributed by atoms with Gasteiger partial charge >= 0.3 is 0 Å². The molecule has 0 spiro atoms. The summed E-state index contributed by atoms with van der Waals surface area (Å²) in [6.07, 6.45) is 6.32. The third-order valence-electron chi connectivity index (χ3n) is 4.55. The van der Waals surface area contributed by atoms with E-state index in [1.807, 2.05) is 0 Å². The van der Waals surface area contributed by atoms with Crippen molar-refractivity contribution in [3.63, 3.8) is 0 Å². The summed E-state index contributed by atoms with van der Waals surface area (Å²) in [4.78, 5) is 6.55. The zero-order valence-electron chi connectivity index (χ0n) is 13.3. The molecule has 2 aliphatic rings. The summed E-state index contributed by atoms with van der Waals surface area (Å²) in [7, 11) is 0. The van der Waals surface area contributed by atoms with Crippen LogP contribution in [-0.2, 0) is 11.3 Å². The van der Waals surface area contributed by atoms with Crippen LogP contribution in [0, 0.1) is 0 Å². The van der Waals surface area contributed by atoms with E-state index < -0.39 is 0 Å². The number of nitrogens with zero attached hydrogens (tertiary/aromatic N) is 4. The van der Waals surface area contributed by atoms with E-state index in [9.17, 15) is 0 Å². The van der Waals surface area contributed by atoms with Crippen LogP contribution in [0.3, 0.4) is 0 Å². The van der Waals surface area contributed by atoms with E-state index in [0.717, 1.165) is 44.5 Å². The van der Waals surface area contributed by atoms with Gasteiger partial charge in [0.15, 0.2) is 0 Å². The minimum absolute atomic E-state index is 0.318. The molecule has 6 heteroatoms. The Morgan fingerprint density at radius 1 is 1.22 bits per heavy atom. The molecule has 1 N–H and O–H groups in total. The van der Waals surface area contributed by atoms with E-state index in [1.54, 1.807) is 17.3 Å². The quantitative estimate of drug-likeness (QED) is 0.869. The molecular weight excluding hydrogens is 290 g/mol. The standard InChI is InChI=1S/C17H23N5O/c1-3-16(22-13-19-12-20-22)4-2-14(1)9-18-10-17-11-21(7-8-23-17)15-5-6-15/h1-4,12-13,15,17-18H,5-11H2. The molecule has 1 aliphatic carbocycles. The Labute approximate surface area is 136 Å². The first-order valence-corrected chi connectivity index (χ1v) is 8.39. The molecule has 0 amide bonds. The van der Waals surface area contributed by atoms with Crippen LogP contribution in [0.15, 0.2) is 36.9 Å². The van der Waals surface area contributed by atoms with Gasteiger partial charge in [0.05, 0.1) is 18.4 Å². The largest absolute Gasteiger partial charge is 0.374 e. The highest BCUT2D eigenvalue weighted by molar-refractivity contribution is 5.33. The maximum atomic E-state index is 5.87. The zero-order chi connectivity index (χ0) is 15.5. The van der Waals surface area contributed by atoms with E-state index in [-0.39, 0.29) is 0 Å². The van der Waals surface area contributed by atoms with E-state index in [1.165, 1.54) is 18.4 Å². The summed E-state index contributed by atoms with van der Waals surface area (Å²) in [5, 5.41) is 7.65. The number of rotatable bonds is 6. The summed E-state index contributed by atoms with van der Waals surface area (Å²) in [6, 6.07) is 9.23. The molecule has 1 saturated carbocycles. The van der Waals surface area contributed by atoms with Gasteiger partial charge in [-0.1, -0.05) is 12.1 Å². The molecule has 0 radical (unpaired) electrons. The lowest BCUT2D eigenvalue weighted by molar-refractivity contribution is -0.0301. The van der Waals surface area contributed by atoms with Gasteiger partial charge in [-0.05, 0) is 30.5 Å². The molecule has 2 heterocycles. The number of benzene rings is 1. The fourth-order valence-electron chi connectivity index (χ4n) is 3.12. The van der Waals surface area contributed by atoms with Crippen LogP contribution in [0.4, 0.5) is 0 Å². The molecule has 2 fully saturated rings. The average molecular weight is 313 g/mol. The van der Waals surface area contributed by atoms with Crippen molar-refractivity contribution in [3.8, 4) is 5.69 Å². The molecular formula is C17H23N5O. The third-order valence-corrected chi connectivity index (χ3v) is 4.55. The number of aromatic nitrogens is 3. The number of ether oxygens (including phenoxy) is 1. The molecule has 1 atom stereocenters. The predicted octanol–water partition coefficient (Wildman–Crippen LogP) is 1.22. The van der Waals surface area contributed by atoms with Crippen molar-refractivity contribution in [2.24, 2.45) is 0 Å². The molecule has 2 aromatic rings. The Bertz CT molecular complexity index is 608. The molecule has 23 heavy (non-hydrogen) atoms. The summed E-state index contributed by atoms with van der Waals surface area (Å²) in [6.45, 7) is 4.82. The molecule has 1 aromatic carbocycles. The molecule has 1 aromatic heterocycles. The van der Waals surface area contributed by atoms with Gasteiger partial charge in [-0.15, -0.1) is 0 Å². The van der Waals surface area contributed by atoms with Crippen LogP contribution in [0.5, 0.6) is 0 Å². The van der Waals surface area contributed by atoms with Gasteiger partial charge in [0.1, 0.15) is 12.7 Å². The fourth-order valence-corrected chi connectivity index (χ4v) is 3.12. The second-order valence-electron chi connectivity index (χ2n) is 6.36. The fraction of sp³-hybridized carbons (Fsp3) is 0.529. The van der Waals surface area contributed by atoms with Crippen molar-refractivity contribution in [2.75, 3.05) is 26.2 Å². The van der Waals surface area contributed by atoms with Crippen LogP contribution >= 0.6 is 0 Å². The van der Waals surface area contributed by atoms with Crippen molar-refractivity contribution in [1.82, 2.24) is 25.0 Å². The van der Waals surface area contributed by atoms with E-state index in [4.69, 9.17) is 4.74 Å². The zero-order valence-corrected chi connectivity index (χ0v) is 13.3. The van der Waals surface area contributed by atoms with Gasteiger partial charge in [-0.25, -0.2) is 9.67 Å². The van der Waals surface area contributed by atoms with Crippen molar-refractivity contribution < 1.29 is 4.74 Å².